The minimum Gasteiger partial charge on any atom is -0.453 e. The van der Waals surface area contributed by atoms with Gasteiger partial charge in [-0.25, -0.2) is 4.79 Å². The van der Waals surface area contributed by atoms with Gasteiger partial charge in [0.25, 0.3) is 11.8 Å². The van der Waals surface area contributed by atoms with Crippen LogP contribution in [0.1, 0.15) is 44.5 Å². The number of anilines is 2. The molecule has 8 heteroatoms. The molecule has 29 heavy (non-hydrogen) atoms. The summed E-state index contributed by atoms with van der Waals surface area (Å²) >= 11 is 1.41. The van der Waals surface area contributed by atoms with Crippen molar-refractivity contribution < 1.29 is 19.1 Å². The number of imide groups is 1. The molecule has 0 saturated carbocycles. The third-order valence-electron chi connectivity index (χ3n) is 5.01. The van der Waals surface area contributed by atoms with Crippen LogP contribution in [0, 0.1) is 5.92 Å². The van der Waals surface area contributed by atoms with Crippen molar-refractivity contribution in [3.05, 3.63) is 45.8 Å². The third-order valence-corrected chi connectivity index (χ3v) is 6.18. The van der Waals surface area contributed by atoms with E-state index in [0.717, 1.165) is 35.4 Å². The van der Waals surface area contributed by atoms with E-state index >= 15 is 0 Å². The summed E-state index contributed by atoms with van der Waals surface area (Å²) in [5, 5.41) is 5.55. The van der Waals surface area contributed by atoms with Crippen LogP contribution in [0.3, 0.4) is 0 Å². The quantitative estimate of drug-likeness (QED) is 0.795. The van der Waals surface area contributed by atoms with Crippen molar-refractivity contribution in [2.24, 2.45) is 5.92 Å². The van der Waals surface area contributed by atoms with Crippen molar-refractivity contribution >= 4 is 39.9 Å². The van der Waals surface area contributed by atoms with Crippen molar-refractivity contribution in [2.75, 3.05) is 31.4 Å². The first-order valence-corrected chi connectivity index (χ1v) is 10.2. The summed E-state index contributed by atoms with van der Waals surface area (Å²) in [6, 6.07) is 7.21. The lowest BCUT2D eigenvalue weighted by Gasteiger charge is -2.18. The molecule has 1 aliphatic carbocycles. The summed E-state index contributed by atoms with van der Waals surface area (Å²) in [6.07, 6.45) is 1.73. The third kappa shape index (κ3) is 4.59. The summed E-state index contributed by atoms with van der Waals surface area (Å²) in [5.74, 6) is -0.337. The fourth-order valence-electron chi connectivity index (χ4n) is 3.37. The van der Waals surface area contributed by atoms with Gasteiger partial charge < -0.3 is 15.0 Å². The van der Waals surface area contributed by atoms with Gasteiger partial charge in [-0.1, -0.05) is 6.92 Å². The number of ether oxygens (including phenoxy) is 1. The highest BCUT2D eigenvalue weighted by molar-refractivity contribution is 7.17. The molecule has 0 radical (unpaired) electrons. The number of hydrogen-bond acceptors (Lipinski definition) is 6. The second-order valence-electron chi connectivity index (χ2n) is 7.40. The van der Waals surface area contributed by atoms with E-state index < -0.39 is 12.0 Å². The molecule has 2 aromatic rings. The van der Waals surface area contributed by atoms with Crippen molar-refractivity contribution in [1.29, 1.82) is 0 Å². The smallest absolute Gasteiger partial charge is 0.413 e. The van der Waals surface area contributed by atoms with Gasteiger partial charge in [-0.05, 0) is 55.0 Å². The van der Waals surface area contributed by atoms with E-state index in [1.807, 2.05) is 31.1 Å². The van der Waals surface area contributed by atoms with Crippen LogP contribution in [0.5, 0.6) is 0 Å². The van der Waals surface area contributed by atoms with Crippen molar-refractivity contribution in [3.63, 3.8) is 0 Å². The number of carbonyl (C=O) groups excluding carboxylic acids is 3. The normalized spacial score (nSPS) is 15.2. The molecule has 3 rings (SSSR count). The van der Waals surface area contributed by atoms with E-state index in [1.165, 1.54) is 18.4 Å². The number of nitrogens with one attached hydrogen (secondary N) is 2. The van der Waals surface area contributed by atoms with E-state index in [-0.39, 0.29) is 5.91 Å². The fourth-order valence-corrected chi connectivity index (χ4v) is 4.77. The highest BCUT2D eigenvalue weighted by Gasteiger charge is 2.29. The zero-order chi connectivity index (χ0) is 21.1. The number of amides is 3. The van der Waals surface area contributed by atoms with Gasteiger partial charge in [0.05, 0.1) is 12.7 Å². The van der Waals surface area contributed by atoms with Gasteiger partial charge in [0.15, 0.2) is 0 Å². The van der Waals surface area contributed by atoms with E-state index in [0.29, 0.717) is 22.0 Å². The molecule has 7 nitrogen and oxygen atoms in total. The Morgan fingerprint density at radius 2 is 1.83 bits per heavy atom. The Morgan fingerprint density at radius 3 is 2.45 bits per heavy atom. The monoisotopic (exact) mass is 415 g/mol. The zero-order valence-corrected chi connectivity index (χ0v) is 17.8. The van der Waals surface area contributed by atoms with Crippen LogP contribution < -0.4 is 15.5 Å². The van der Waals surface area contributed by atoms with Gasteiger partial charge in [-0.3, -0.25) is 14.9 Å². The number of alkyl carbamates (subject to hydrolysis) is 1. The van der Waals surface area contributed by atoms with Crippen LogP contribution in [0.25, 0.3) is 0 Å². The molecule has 0 saturated heterocycles. The van der Waals surface area contributed by atoms with Crippen molar-refractivity contribution in [2.45, 2.75) is 26.2 Å². The Kier molecular flexibility index (Phi) is 6.22. The number of carbonyl (C=O) groups is 3. The molecule has 0 fully saturated rings. The summed E-state index contributed by atoms with van der Waals surface area (Å²) < 4.78 is 4.54. The predicted octanol–water partition coefficient (Wildman–Crippen LogP) is 3.69. The largest absolute Gasteiger partial charge is 0.453 e. The minimum atomic E-state index is -0.823. The second kappa shape index (κ2) is 8.65. The van der Waals surface area contributed by atoms with Crippen LogP contribution in [0.4, 0.5) is 15.5 Å². The van der Waals surface area contributed by atoms with Crippen molar-refractivity contribution in [1.82, 2.24) is 5.32 Å². The molecule has 0 spiro atoms. The lowest BCUT2D eigenvalue weighted by atomic mass is 9.88. The van der Waals surface area contributed by atoms with E-state index in [2.05, 4.69) is 22.3 Å². The summed E-state index contributed by atoms with van der Waals surface area (Å²) in [4.78, 5) is 40.1. The first-order valence-electron chi connectivity index (χ1n) is 9.42. The average molecular weight is 416 g/mol. The van der Waals surface area contributed by atoms with Crippen LogP contribution >= 0.6 is 11.3 Å². The van der Waals surface area contributed by atoms with Crippen molar-refractivity contribution in [3.8, 4) is 0 Å². The molecule has 1 heterocycles. The maximum absolute atomic E-state index is 12.8. The molecule has 154 valence electrons. The topological polar surface area (TPSA) is 87.7 Å². The molecule has 1 aromatic carbocycles. The maximum Gasteiger partial charge on any atom is 0.413 e. The van der Waals surface area contributed by atoms with E-state index in [1.54, 1.807) is 12.1 Å². The summed E-state index contributed by atoms with van der Waals surface area (Å²) in [7, 11) is 5.06. The van der Waals surface area contributed by atoms with Gasteiger partial charge in [-0.15, -0.1) is 11.3 Å². The Hall–Kier alpha value is -2.87. The molecular formula is C21H25N3O4S. The van der Waals surface area contributed by atoms with Crippen LogP contribution in [-0.4, -0.2) is 39.1 Å². The predicted molar refractivity (Wildman–Crippen MR) is 114 cm³/mol. The molecule has 3 amide bonds. The Bertz CT molecular complexity index is 934. The molecule has 2 N–H and O–H groups in total. The zero-order valence-electron chi connectivity index (χ0n) is 17.0. The highest BCUT2D eigenvalue weighted by atomic mass is 32.1. The Morgan fingerprint density at radius 1 is 1.14 bits per heavy atom. The second-order valence-corrected chi connectivity index (χ2v) is 8.50. The summed E-state index contributed by atoms with van der Waals surface area (Å²) in [5.41, 5.74) is 2.75. The van der Waals surface area contributed by atoms with E-state index in [9.17, 15) is 14.4 Å². The number of thiophene rings is 1. The van der Waals surface area contributed by atoms with E-state index in [4.69, 9.17) is 0 Å². The molecule has 0 aliphatic heterocycles. The molecule has 1 aliphatic rings. The Labute approximate surface area is 174 Å². The number of methoxy groups -OCH3 is 1. The molecule has 1 atom stereocenters. The number of nitrogens with zero attached hydrogens (tertiary/aromatic N) is 1. The SMILES string of the molecule is COC(=O)NC(=O)c1c(NC(=O)c2ccc(N(C)C)cc2)sc2c1CC[C@@H](C)C2. The maximum atomic E-state index is 12.8. The molecule has 0 bridgehead atoms. The highest BCUT2D eigenvalue weighted by Crippen LogP contribution is 2.39. The Balaban J connectivity index is 1.90. The first-order chi connectivity index (χ1) is 13.8. The molecule has 0 unspecified atom stereocenters. The lowest BCUT2D eigenvalue weighted by Crippen LogP contribution is -2.31. The molecule has 1 aromatic heterocycles. The number of benzene rings is 1. The standard InChI is InChI=1S/C21H25N3O4S/c1-12-5-10-15-16(11-12)29-20(17(15)19(26)23-21(27)28-4)22-18(25)13-6-8-14(9-7-13)24(2)3/h6-9,12H,5,10-11H2,1-4H3,(H,22,25)(H,23,26,27)/t12-/m1/s1. The van der Waals surface area contributed by atoms with Crippen LogP contribution in [-0.2, 0) is 17.6 Å². The number of fused-ring (bicyclic) bond motifs is 1. The van der Waals surface area contributed by atoms with Gasteiger partial charge in [0, 0.05) is 30.2 Å². The van der Waals surface area contributed by atoms with Gasteiger partial charge >= 0.3 is 6.09 Å². The van der Waals surface area contributed by atoms with Gasteiger partial charge in [0.1, 0.15) is 5.00 Å². The number of hydrogen-bond donors (Lipinski definition) is 2. The minimum absolute atomic E-state index is 0.297. The average Bonchev–Trinajstić information content (AvgIpc) is 3.04. The first kappa shape index (κ1) is 20.9. The van der Waals surface area contributed by atoms with Gasteiger partial charge in [0.2, 0.25) is 0 Å². The number of rotatable bonds is 4. The fraction of sp³-hybridized carbons (Fsp3) is 0.381. The lowest BCUT2D eigenvalue weighted by molar-refractivity contribution is 0.0937. The molecular weight excluding hydrogens is 390 g/mol. The summed E-state index contributed by atoms with van der Waals surface area (Å²) in [6.45, 7) is 2.17. The van der Waals surface area contributed by atoms with Crippen LogP contribution in [0.2, 0.25) is 0 Å². The van der Waals surface area contributed by atoms with Crippen LogP contribution in [0.15, 0.2) is 24.3 Å². The van der Waals surface area contributed by atoms with Gasteiger partial charge in [-0.2, -0.15) is 0 Å².